The van der Waals surface area contributed by atoms with Gasteiger partial charge in [-0.15, -0.1) is 5.92 Å². The van der Waals surface area contributed by atoms with E-state index in [0.29, 0.717) is 21.2 Å². The summed E-state index contributed by atoms with van der Waals surface area (Å²) in [7, 11) is 0. The summed E-state index contributed by atoms with van der Waals surface area (Å²) in [6, 6.07) is 21.5. The van der Waals surface area contributed by atoms with Crippen LogP contribution in [0.25, 0.3) is 0 Å². The fraction of sp³-hybridized carbons (Fsp3) is 0.0769. The predicted molar refractivity (Wildman–Crippen MR) is 120 cm³/mol. The highest BCUT2D eigenvalue weighted by atomic mass is 35.5. The predicted octanol–water partition coefficient (Wildman–Crippen LogP) is 5.66. The molecular formula is C26H16Cl2O. The highest BCUT2D eigenvalue weighted by Crippen LogP contribution is 2.24. The van der Waals surface area contributed by atoms with Gasteiger partial charge in [0.1, 0.15) is 0 Å². The van der Waals surface area contributed by atoms with E-state index in [2.05, 4.69) is 35.5 Å². The van der Waals surface area contributed by atoms with Crippen LogP contribution in [0.15, 0.2) is 72.8 Å². The Hall–Kier alpha value is -3.12. The average Bonchev–Trinajstić information content (AvgIpc) is 2.74. The van der Waals surface area contributed by atoms with Crippen molar-refractivity contribution < 1.29 is 5.11 Å². The SMILES string of the molecule is CC#Cc1ccccc1C(O)(C#Cc1ccc(Cl)cc1)C#Cc1ccc(Cl)cc1. The monoisotopic (exact) mass is 414 g/mol. The largest absolute Gasteiger partial charge is 0.363 e. The molecule has 3 rings (SSSR count). The fourth-order valence-electron chi connectivity index (χ4n) is 2.60. The fourth-order valence-corrected chi connectivity index (χ4v) is 2.85. The molecular weight excluding hydrogens is 399 g/mol. The lowest BCUT2D eigenvalue weighted by molar-refractivity contribution is 0.164. The van der Waals surface area contributed by atoms with Crippen LogP contribution in [-0.4, -0.2) is 5.11 Å². The first-order valence-electron chi connectivity index (χ1n) is 8.82. The molecule has 29 heavy (non-hydrogen) atoms. The van der Waals surface area contributed by atoms with E-state index in [1.54, 1.807) is 61.5 Å². The van der Waals surface area contributed by atoms with Crippen molar-refractivity contribution in [2.24, 2.45) is 0 Å². The van der Waals surface area contributed by atoms with Gasteiger partial charge in [-0.2, -0.15) is 0 Å². The van der Waals surface area contributed by atoms with Crippen molar-refractivity contribution in [3.63, 3.8) is 0 Å². The minimum Gasteiger partial charge on any atom is -0.363 e. The minimum atomic E-state index is -1.71. The van der Waals surface area contributed by atoms with Crippen LogP contribution < -0.4 is 0 Å². The van der Waals surface area contributed by atoms with E-state index in [1.807, 2.05) is 18.2 Å². The van der Waals surface area contributed by atoms with Gasteiger partial charge in [0.15, 0.2) is 0 Å². The number of aliphatic hydroxyl groups is 1. The molecule has 0 atom stereocenters. The molecule has 1 nitrogen and oxygen atoms in total. The molecule has 0 fully saturated rings. The topological polar surface area (TPSA) is 20.2 Å². The van der Waals surface area contributed by atoms with E-state index in [-0.39, 0.29) is 0 Å². The Morgan fingerprint density at radius 1 is 0.690 bits per heavy atom. The maximum Gasteiger partial charge on any atom is 0.215 e. The summed E-state index contributed by atoms with van der Waals surface area (Å²) < 4.78 is 0. The van der Waals surface area contributed by atoms with E-state index >= 15 is 0 Å². The molecule has 0 aliphatic heterocycles. The maximum atomic E-state index is 11.5. The first kappa shape index (κ1) is 20.6. The van der Waals surface area contributed by atoms with Crippen molar-refractivity contribution >= 4 is 23.2 Å². The smallest absolute Gasteiger partial charge is 0.215 e. The molecule has 0 aromatic heterocycles. The lowest BCUT2D eigenvalue weighted by Crippen LogP contribution is -2.23. The number of halogens is 2. The van der Waals surface area contributed by atoms with Gasteiger partial charge in [-0.3, -0.25) is 0 Å². The quantitative estimate of drug-likeness (QED) is 0.509. The first-order valence-corrected chi connectivity index (χ1v) is 9.58. The number of hydrogen-bond donors (Lipinski definition) is 1. The summed E-state index contributed by atoms with van der Waals surface area (Å²) >= 11 is 11.9. The second-order valence-corrected chi connectivity index (χ2v) is 7.02. The van der Waals surface area contributed by atoms with Gasteiger partial charge in [0.2, 0.25) is 5.60 Å². The Kier molecular flexibility index (Phi) is 6.67. The molecule has 0 radical (unpaired) electrons. The summed E-state index contributed by atoms with van der Waals surface area (Å²) in [5.41, 5.74) is 0.950. The normalized spacial score (nSPS) is 9.93. The molecule has 0 heterocycles. The van der Waals surface area contributed by atoms with Crippen LogP contribution in [0.3, 0.4) is 0 Å². The van der Waals surface area contributed by atoms with E-state index in [4.69, 9.17) is 23.2 Å². The van der Waals surface area contributed by atoms with Crippen molar-refractivity contribution in [2.45, 2.75) is 12.5 Å². The molecule has 3 heteroatoms. The van der Waals surface area contributed by atoms with E-state index in [1.165, 1.54) is 0 Å². The molecule has 0 saturated carbocycles. The van der Waals surface area contributed by atoms with Gasteiger partial charge < -0.3 is 5.11 Å². The van der Waals surface area contributed by atoms with Crippen LogP contribution in [0.1, 0.15) is 29.2 Å². The van der Waals surface area contributed by atoms with Gasteiger partial charge in [-0.05, 0) is 73.4 Å². The zero-order valence-corrected chi connectivity index (χ0v) is 17.1. The third kappa shape index (κ3) is 5.45. The van der Waals surface area contributed by atoms with Crippen molar-refractivity contribution in [3.8, 4) is 35.5 Å². The second-order valence-electron chi connectivity index (χ2n) is 6.14. The summed E-state index contributed by atoms with van der Waals surface area (Å²) in [5, 5.41) is 12.7. The van der Waals surface area contributed by atoms with Gasteiger partial charge in [0.25, 0.3) is 0 Å². The maximum absolute atomic E-state index is 11.5. The van der Waals surface area contributed by atoms with Gasteiger partial charge >= 0.3 is 0 Å². The Labute approximate surface area is 181 Å². The van der Waals surface area contributed by atoms with Crippen LogP contribution in [0.2, 0.25) is 10.0 Å². The molecule has 1 N–H and O–H groups in total. The third-order valence-corrected chi connectivity index (χ3v) is 4.54. The van der Waals surface area contributed by atoms with Crippen molar-refractivity contribution in [1.82, 2.24) is 0 Å². The Balaban J connectivity index is 2.12. The summed E-state index contributed by atoms with van der Waals surface area (Å²) in [6.07, 6.45) is 0. The minimum absolute atomic E-state index is 0.539. The third-order valence-electron chi connectivity index (χ3n) is 4.04. The average molecular weight is 415 g/mol. The molecule has 0 amide bonds. The second kappa shape index (κ2) is 9.39. The van der Waals surface area contributed by atoms with Crippen molar-refractivity contribution in [2.75, 3.05) is 0 Å². The summed E-state index contributed by atoms with van der Waals surface area (Å²) in [4.78, 5) is 0. The lowest BCUT2D eigenvalue weighted by atomic mass is 9.90. The molecule has 3 aromatic rings. The molecule has 0 saturated heterocycles. The molecule has 0 unspecified atom stereocenters. The van der Waals surface area contributed by atoms with Gasteiger partial charge in [0, 0.05) is 32.3 Å². The molecule has 140 valence electrons. The zero-order valence-electron chi connectivity index (χ0n) is 15.6. The van der Waals surface area contributed by atoms with E-state index < -0.39 is 5.60 Å². The van der Waals surface area contributed by atoms with Crippen LogP contribution >= 0.6 is 23.2 Å². The molecule has 0 aliphatic rings. The lowest BCUT2D eigenvalue weighted by Gasteiger charge is -2.18. The number of hydrogen-bond acceptors (Lipinski definition) is 1. The Morgan fingerprint density at radius 3 is 1.66 bits per heavy atom. The summed E-state index contributed by atoms with van der Waals surface area (Å²) in [6.45, 7) is 1.74. The molecule has 0 spiro atoms. The Morgan fingerprint density at radius 2 is 1.17 bits per heavy atom. The van der Waals surface area contributed by atoms with Gasteiger partial charge in [-0.1, -0.05) is 59.2 Å². The molecule has 3 aromatic carbocycles. The van der Waals surface area contributed by atoms with Gasteiger partial charge in [-0.25, -0.2) is 0 Å². The van der Waals surface area contributed by atoms with Crippen LogP contribution in [0.4, 0.5) is 0 Å². The number of rotatable bonds is 1. The zero-order chi connectivity index (χ0) is 20.7. The highest BCUT2D eigenvalue weighted by molar-refractivity contribution is 6.30. The van der Waals surface area contributed by atoms with E-state index in [0.717, 1.165) is 11.1 Å². The van der Waals surface area contributed by atoms with Crippen LogP contribution in [-0.2, 0) is 5.60 Å². The molecule has 0 aliphatic carbocycles. The van der Waals surface area contributed by atoms with Gasteiger partial charge in [0.05, 0.1) is 0 Å². The summed E-state index contributed by atoms with van der Waals surface area (Å²) in [5.74, 6) is 17.7. The number of benzene rings is 3. The van der Waals surface area contributed by atoms with Crippen molar-refractivity contribution in [1.29, 1.82) is 0 Å². The van der Waals surface area contributed by atoms with E-state index in [9.17, 15) is 5.11 Å². The standard InChI is InChI=1S/C26H16Cl2O/c1-2-5-22-6-3-4-7-25(22)26(29,18-16-20-8-12-23(27)13-9-20)19-17-21-10-14-24(28)15-11-21/h3-4,6-15,29H,1H3. The molecule has 0 bridgehead atoms. The van der Waals surface area contributed by atoms with Crippen molar-refractivity contribution in [3.05, 3.63) is 105 Å². The Bertz CT molecular complexity index is 1130. The first-order chi connectivity index (χ1) is 14.0. The van der Waals surface area contributed by atoms with Crippen LogP contribution in [0, 0.1) is 35.5 Å². The van der Waals surface area contributed by atoms with Crippen LogP contribution in [0.5, 0.6) is 0 Å². The highest BCUT2D eigenvalue weighted by Gasteiger charge is 2.27.